The summed E-state index contributed by atoms with van der Waals surface area (Å²) in [7, 11) is 0. The normalized spacial score (nSPS) is 15.9. The van der Waals surface area contributed by atoms with Gasteiger partial charge in [-0.3, -0.25) is 4.79 Å². The van der Waals surface area contributed by atoms with E-state index in [1.165, 1.54) is 11.1 Å². The summed E-state index contributed by atoms with van der Waals surface area (Å²) in [5, 5.41) is 0. The Labute approximate surface area is 128 Å². The van der Waals surface area contributed by atoms with Crippen molar-refractivity contribution in [3.05, 3.63) is 29.3 Å². The van der Waals surface area contributed by atoms with Crippen LogP contribution in [0.1, 0.15) is 65.5 Å². The molecule has 116 valence electrons. The third kappa shape index (κ3) is 4.33. The van der Waals surface area contributed by atoms with E-state index in [1.807, 2.05) is 0 Å². The smallest absolute Gasteiger partial charge is 0.173 e. The number of carbonyl (C=O) groups excluding carboxylic acids is 1. The number of hydrogen-bond acceptors (Lipinski definition) is 2. The van der Waals surface area contributed by atoms with Crippen LogP contribution in [0.4, 0.5) is 0 Å². The molecule has 0 N–H and O–H groups in total. The van der Waals surface area contributed by atoms with Gasteiger partial charge in [0.2, 0.25) is 0 Å². The van der Waals surface area contributed by atoms with Gasteiger partial charge in [-0.25, -0.2) is 0 Å². The van der Waals surface area contributed by atoms with Crippen molar-refractivity contribution < 1.29 is 9.53 Å². The number of ether oxygens (including phenoxy) is 1. The molecule has 2 heteroatoms. The quantitative estimate of drug-likeness (QED) is 0.806. The Morgan fingerprint density at radius 2 is 1.48 bits per heavy atom. The molecule has 0 bridgehead atoms. The van der Waals surface area contributed by atoms with Gasteiger partial charge in [0, 0.05) is 5.92 Å². The van der Waals surface area contributed by atoms with E-state index in [-0.39, 0.29) is 29.1 Å². The Hall–Kier alpha value is -1.31. The molecule has 2 nitrogen and oxygen atoms in total. The highest BCUT2D eigenvalue weighted by Gasteiger charge is 2.29. The molecule has 0 amide bonds. The summed E-state index contributed by atoms with van der Waals surface area (Å²) >= 11 is 0. The molecule has 21 heavy (non-hydrogen) atoms. The van der Waals surface area contributed by atoms with Gasteiger partial charge in [-0.1, -0.05) is 47.6 Å². The second kappa shape index (κ2) is 5.47. The topological polar surface area (TPSA) is 26.3 Å². The predicted molar refractivity (Wildman–Crippen MR) is 87.1 cm³/mol. The number of rotatable bonds is 4. The van der Waals surface area contributed by atoms with Crippen molar-refractivity contribution in [2.45, 2.75) is 65.2 Å². The number of benzene rings is 1. The summed E-state index contributed by atoms with van der Waals surface area (Å²) in [5.41, 5.74) is 2.65. The summed E-state index contributed by atoms with van der Waals surface area (Å²) in [5.74, 6) is 1.33. The monoisotopic (exact) mass is 288 g/mol. The Balaban J connectivity index is 2.24. The first-order valence-corrected chi connectivity index (χ1v) is 7.89. The lowest BCUT2D eigenvalue weighted by Gasteiger charge is -2.26. The highest BCUT2D eigenvalue weighted by molar-refractivity contribution is 5.84. The van der Waals surface area contributed by atoms with E-state index in [0.29, 0.717) is 0 Å². The fourth-order valence-electron chi connectivity index (χ4n) is 2.23. The highest BCUT2D eigenvalue weighted by Crippen LogP contribution is 2.34. The molecule has 0 aliphatic heterocycles. The fraction of sp³-hybridized carbons (Fsp3) is 0.632. The van der Waals surface area contributed by atoms with Crippen molar-refractivity contribution in [1.29, 1.82) is 0 Å². The van der Waals surface area contributed by atoms with Crippen LogP contribution in [0.15, 0.2) is 18.2 Å². The second-order valence-electron chi connectivity index (χ2n) is 8.28. The molecule has 1 saturated carbocycles. The molecular weight excluding hydrogens is 260 g/mol. The maximum atomic E-state index is 11.8. The molecule has 1 aliphatic carbocycles. The zero-order valence-electron chi connectivity index (χ0n) is 14.2. The zero-order valence-corrected chi connectivity index (χ0v) is 14.2. The van der Waals surface area contributed by atoms with E-state index in [1.54, 1.807) is 0 Å². The van der Waals surface area contributed by atoms with Gasteiger partial charge >= 0.3 is 0 Å². The van der Waals surface area contributed by atoms with E-state index in [9.17, 15) is 4.79 Å². The number of Topliss-reactive ketones (excluding diaryl/α,β-unsaturated/α-hetero) is 1. The van der Waals surface area contributed by atoms with Gasteiger partial charge in [0.05, 0.1) is 0 Å². The minimum Gasteiger partial charge on any atom is -0.486 e. The minimum absolute atomic E-state index is 0.0693. The highest BCUT2D eigenvalue weighted by atomic mass is 16.5. The minimum atomic E-state index is 0.0693. The van der Waals surface area contributed by atoms with Gasteiger partial charge in [0.1, 0.15) is 12.4 Å². The molecule has 1 fully saturated rings. The molecule has 2 rings (SSSR count). The van der Waals surface area contributed by atoms with Crippen LogP contribution < -0.4 is 4.74 Å². The number of ketones is 1. The van der Waals surface area contributed by atoms with E-state index in [2.05, 4.69) is 59.7 Å². The summed E-state index contributed by atoms with van der Waals surface area (Å²) in [6.07, 6.45) is 2.08. The third-order valence-corrected chi connectivity index (χ3v) is 4.05. The van der Waals surface area contributed by atoms with E-state index in [4.69, 9.17) is 4.74 Å². The first-order chi connectivity index (χ1) is 9.57. The molecule has 0 unspecified atom stereocenters. The molecule has 1 aliphatic rings. The van der Waals surface area contributed by atoms with Crippen LogP contribution in [0.2, 0.25) is 0 Å². The van der Waals surface area contributed by atoms with Crippen LogP contribution in [-0.2, 0) is 15.6 Å². The molecule has 0 saturated heterocycles. The van der Waals surface area contributed by atoms with Crippen molar-refractivity contribution >= 4 is 5.78 Å². The number of carbonyl (C=O) groups is 1. The first kappa shape index (κ1) is 16.1. The summed E-state index contributed by atoms with van der Waals surface area (Å²) in [6.45, 7) is 13.4. The Morgan fingerprint density at radius 1 is 1.00 bits per heavy atom. The molecule has 1 aromatic carbocycles. The fourth-order valence-corrected chi connectivity index (χ4v) is 2.23. The first-order valence-electron chi connectivity index (χ1n) is 7.89. The lowest BCUT2D eigenvalue weighted by molar-refractivity contribution is -0.122. The molecule has 0 atom stereocenters. The van der Waals surface area contributed by atoms with Crippen LogP contribution in [0.3, 0.4) is 0 Å². The van der Waals surface area contributed by atoms with Gasteiger partial charge in [-0.15, -0.1) is 0 Å². The standard InChI is InChI=1S/C19H28O2/c1-18(2,3)14-9-15(19(4,5)6)11-16(10-14)21-12-17(20)13-7-8-13/h9-11,13H,7-8,12H2,1-6H3. The molecule has 0 spiro atoms. The van der Waals surface area contributed by atoms with Gasteiger partial charge in [-0.2, -0.15) is 0 Å². The van der Waals surface area contributed by atoms with E-state index in [0.717, 1.165) is 18.6 Å². The van der Waals surface area contributed by atoms with Crippen molar-refractivity contribution in [1.82, 2.24) is 0 Å². The van der Waals surface area contributed by atoms with Crippen LogP contribution >= 0.6 is 0 Å². The summed E-state index contributed by atoms with van der Waals surface area (Å²) < 4.78 is 5.79. The Bertz CT molecular complexity index is 493. The van der Waals surface area contributed by atoms with Gasteiger partial charge in [-0.05, 0) is 46.9 Å². The summed E-state index contributed by atoms with van der Waals surface area (Å²) in [4.78, 5) is 11.8. The Morgan fingerprint density at radius 3 is 1.86 bits per heavy atom. The van der Waals surface area contributed by atoms with Crippen LogP contribution in [0.5, 0.6) is 5.75 Å². The van der Waals surface area contributed by atoms with Gasteiger partial charge in [0.25, 0.3) is 0 Å². The van der Waals surface area contributed by atoms with Gasteiger partial charge < -0.3 is 4.74 Å². The average Bonchev–Trinajstić information content (AvgIpc) is 3.17. The van der Waals surface area contributed by atoms with Crippen molar-refractivity contribution in [3.8, 4) is 5.75 Å². The molecule has 0 aromatic heterocycles. The zero-order chi connectivity index (χ0) is 15.8. The van der Waals surface area contributed by atoms with E-state index < -0.39 is 0 Å². The molecule has 1 aromatic rings. The van der Waals surface area contributed by atoms with Crippen molar-refractivity contribution in [2.75, 3.05) is 6.61 Å². The lowest BCUT2D eigenvalue weighted by Crippen LogP contribution is -2.18. The van der Waals surface area contributed by atoms with E-state index >= 15 is 0 Å². The molecule has 0 heterocycles. The average molecular weight is 288 g/mol. The largest absolute Gasteiger partial charge is 0.486 e. The summed E-state index contributed by atoms with van der Waals surface area (Å²) in [6, 6.07) is 6.42. The van der Waals surface area contributed by atoms with Crippen molar-refractivity contribution in [2.24, 2.45) is 5.92 Å². The molecule has 0 radical (unpaired) electrons. The van der Waals surface area contributed by atoms with Crippen LogP contribution in [0, 0.1) is 5.92 Å². The Kier molecular flexibility index (Phi) is 4.19. The van der Waals surface area contributed by atoms with Crippen LogP contribution in [-0.4, -0.2) is 12.4 Å². The number of hydrogen-bond donors (Lipinski definition) is 0. The van der Waals surface area contributed by atoms with Crippen LogP contribution in [0.25, 0.3) is 0 Å². The predicted octanol–water partition coefficient (Wildman–Crippen LogP) is 4.64. The van der Waals surface area contributed by atoms with Gasteiger partial charge in [0.15, 0.2) is 5.78 Å². The SMILES string of the molecule is CC(C)(C)c1cc(OCC(=O)C2CC2)cc(C(C)(C)C)c1. The van der Waals surface area contributed by atoms with Crippen molar-refractivity contribution in [3.63, 3.8) is 0 Å². The molecular formula is C19H28O2. The lowest BCUT2D eigenvalue weighted by atomic mass is 9.80. The second-order valence-corrected chi connectivity index (χ2v) is 8.28. The maximum Gasteiger partial charge on any atom is 0.173 e. The maximum absolute atomic E-state index is 11.8. The third-order valence-electron chi connectivity index (χ3n) is 4.05.